The van der Waals surface area contributed by atoms with E-state index in [1.54, 1.807) is 0 Å². The molecule has 196 valence electrons. The van der Waals surface area contributed by atoms with Crippen LogP contribution in [0.4, 0.5) is 23.3 Å². The van der Waals surface area contributed by atoms with Crippen LogP contribution in [0.2, 0.25) is 0 Å². The van der Waals surface area contributed by atoms with Crippen molar-refractivity contribution in [2.45, 2.75) is 31.6 Å². The molecule has 37 heavy (non-hydrogen) atoms. The molecule has 0 saturated carbocycles. The van der Waals surface area contributed by atoms with Crippen LogP contribution in [-0.2, 0) is 11.2 Å². The maximum atomic E-state index is 5.89. The van der Waals surface area contributed by atoms with Gasteiger partial charge in [0.15, 0.2) is 6.29 Å². The number of nitrogens with one attached hydrogen (secondary N) is 2. The summed E-state index contributed by atoms with van der Waals surface area (Å²) in [7, 11) is 4.34. The number of fused-ring (bicyclic) bond motifs is 1. The molecule has 0 amide bonds. The summed E-state index contributed by atoms with van der Waals surface area (Å²) in [6.45, 7) is 6.06. The van der Waals surface area contributed by atoms with Gasteiger partial charge in [0.1, 0.15) is 24.7 Å². The standard InChI is InChI=1S/C26H36N10O/c1-33(2)19-5-8-34(9-6-19)22-4-3-20(17-28-22)36-10-7-21-23(18-15-29-25(27)30-16-18)31-26(32-24(21)36)35-11-13-37-14-12-35/h3-4,15-17,19,25,29H,5-14,27H2,1-2H3/p+1. The number of piperidine rings is 1. The number of morpholine rings is 1. The van der Waals surface area contributed by atoms with E-state index in [4.69, 9.17) is 25.4 Å². The second-order valence-electron chi connectivity index (χ2n) is 10.4. The van der Waals surface area contributed by atoms with Crippen LogP contribution in [0.25, 0.3) is 5.57 Å². The minimum atomic E-state index is -0.419. The van der Waals surface area contributed by atoms with Crippen molar-refractivity contribution in [3.8, 4) is 0 Å². The molecular weight excluding hydrogens is 468 g/mol. The minimum absolute atomic E-state index is 0.419. The summed E-state index contributed by atoms with van der Waals surface area (Å²) in [4.78, 5) is 27.6. The van der Waals surface area contributed by atoms with E-state index in [-0.39, 0.29) is 0 Å². The SMILES string of the molecule is CN(C)C1CCN(c2ccc(N3CCc4c(C5=CNC(N)N=C5)nc([NH+]5CCOCC5)nc43)cn2)CC1. The lowest BCUT2D eigenvalue weighted by atomic mass is 10.0. The second kappa shape index (κ2) is 10.3. The summed E-state index contributed by atoms with van der Waals surface area (Å²) in [5.41, 5.74) is 9.96. The molecular formula is C26H37N10O+. The Balaban J connectivity index is 1.28. The quantitative estimate of drug-likeness (QED) is 0.513. The Morgan fingerprint density at radius 1 is 1.11 bits per heavy atom. The van der Waals surface area contributed by atoms with E-state index in [0.717, 1.165) is 79.2 Å². The fourth-order valence-corrected chi connectivity index (χ4v) is 5.63. The summed E-state index contributed by atoms with van der Waals surface area (Å²) >= 11 is 0. The lowest BCUT2D eigenvalue weighted by Gasteiger charge is -2.36. The number of aromatic nitrogens is 3. The normalized spacial score (nSPS) is 22.8. The molecule has 0 aromatic carbocycles. The molecule has 0 bridgehead atoms. The molecule has 6 heterocycles. The summed E-state index contributed by atoms with van der Waals surface area (Å²) in [6.07, 6.45) is 8.51. The summed E-state index contributed by atoms with van der Waals surface area (Å²) in [6, 6.07) is 4.99. The molecule has 2 saturated heterocycles. The smallest absolute Gasteiger partial charge is 0.329 e. The highest BCUT2D eigenvalue weighted by Crippen LogP contribution is 2.37. The molecule has 1 unspecified atom stereocenters. The first-order valence-electron chi connectivity index (χ1n) is 13.3. The molecule has 4 aliphatic rings. The molecule has 2 fully saturated rings. The van der Waals surface area contributed by atoms with Crippen LogP contribution in [0.1, 0.15) is 24.1 Å². The van der Waals surface area contributed by atoms with E-state index in [1.807, 2.05) is 18.6 Å². The Hall–Kier alpha value is -3.12. The number of quaternary nitrogens is 1. The first-order valence-corrected chi connectivity index (χ1v) is 13.3. The molecule has 11 nitrogen and oxygen atoms in total. The van der Waals surface area contributed by atoms with E-state index in [0.29, 0.717) is 19.3 Å². The summed E-state index contributed by atoms with van der Waals surface area (Å²) < 4.78 is 5.58. The Bertz CT molecular complexity index is 1170. The zero-order chi connectivity index (χ0) is 25.4. The van der Waals surface area contributed by atoms with Crippen LogP contribution >= 0.6 is 0 Å². The Labute approximate surface area is 218 Å². The Morgan fingerprint density at radius 3 is 2.59 bits per heavy atom. The average Bonchev–Trinajstić information content (AvgIpc) is 3.38. The Morgan fingerprint density at radius 2 is 1.92 bits per heavy atom. The van der Waals surface area contributed by atoms with Gasteiger partial charge in [0.2, 0.25) is 0 Å². The molecule has 2 aromatic rings. The average molecular weight is 506 g/mol. The largest absolute Gasteiger partial charge is 0.370 e. The highest BCUT2D eigenvalue weighted by Gasteiger charge is 2.32. The fourth-order valence-electron chi connectivity index (χ4n) is 5.63. The van der Waals surface area contributed by atoms with Crippen LogP contribution in [0, 0.1) is 0 Å². The molecule has 1 atom stereocenters. The number of rotatable bonds is 5. The second-order valence-corrected chi connectivity index (χ2v) is 10.4. The number of hydrogen-bond acceptors (Lipinski definition) is 10. The monoisotopic (exact) mass is 505 g/mol. The first-order chi connectivity index (χ1) is 18.1. The topological polar surface area (TPSA) is 112 Å². The first kappa shape index (κ1) is 24.2. The zero-order valence-corrected chi connectivity index (χ0v) is 21.7. The van der Waals surface area contributed by atoms with Crippen LogP contribution in [0.3, 0.4) is 0 Å². The molecule has 0 aliphatic carbocycles. The van der Waals surface area contributed by atoms with Gasteiger partial charge in [-0.05, 0) is 45.5 Å². The van der Waals surface area contributed by atoms with Crippen LogP contribution in [0.5, 0.6) is 0 Å². The summed E-state index contributed by atoms with van der Waals surface area (Å²) in [5.74, 6) is 2.82. The van der Waals surface area contributed by atoms with Gasteiger partial charge in [-0.1, -0.05) is 0 Å². The molecule has 0 radical (unpaired) electrons. The van der Waals surface area contributed by atoms with Crippen molar-refractivity contribution in [3.05, 3.63) is 35.8 Å². The van der Waals surface area contributed by atoms with Crippen LogP contribution in [0.15, 0.2) is 29.5 Å². The molecule has 0 spiro atoms. The molecule has 6 rings (SSSR count). The number of nitrogens with zero attached hydrogens (tertiary/aromatic N) is 7. The van der Waals surface area contributed by atoms with Gasteiger partial charge in [0, 0.05) is 49.2 Å². The van der Waals surface area contributed by atoms with Crippen molar-refractivity contribution < 1.29 is 9.64 Å². The Kier molecular flexibility index (Phi) is 6.76. The molecule has 4 N–H and O–H groups in total. The van der Waals surface area contributed by atoms with E-state index in [1.165, 1.54) is 17.7 Å². The van der Waals surface area contributed by atoms with Crippen LogP contribution in [-0.4, -0.2) is 98.4 Å². The minimum Gasteiger partial charge on any atom is -0.370 e. The predicted octanol–water partition coefficient (Wildman–Crippen LogP) is -0.1000. The number of pyridine rings is 1. The van der Waals surface area contributed by atoms with Crippen molar-refractivity contribution >= 4 is 35.1 Å². The highest BCUT2D eigenvalue weighted by molar-refractivity contribution is 6.10. The lowest BCUT2D eigenvalue weighted by Crippen LogP contribution is -3.10. The molecule has 2 aromatic heterocycles. The van der Waals surface area contributed by atoms with Gasteiger partial charge in [-0.15, -0.1) is 0 Å². The van der Waals surface area contributed by atoms with Gasteiger partial charge < -0.3 is 24.8 Å². The number of aliphatic imine (C=N–C) groups is 1. The van der Waals surface area contributed by atoms with Crippen molar-refractivity contribution in [1.82, 2.24) is 25.2 Å². The predicted molar refractivity (Wildman–Crippen MR) is 145 cm³/mol. The number of nitrogens with two attached hydrogens (primary N) is 1. The van der Waals surface area contributed by atoms with Gasteiger partial charge in [-0.2, -0.15) is 9.97 Å². The maximum absolute atomic E-state index is 5.89. The van der Waals surface area contributed by atoms with Gasteiger partial charge in [-0.3, -0.25) is 15.6 Å². The van der Waals surface area contributed by atoms with Crippen molar-refractivity contribution in [1.29, 1.82) is 0 Å². The third-order valence-corrected chi connectivity index (χ3v) is 7.86. The molecule has 11 heteroatoms. The molecule has 4 aliphatic heterocycles. The number of ether oxygens (including phenoxy) is 1. The third-order valence-electron chi connectivity index (χ3n) is 7.86. The van der Waals surface area contributed by atoms with Crippen molar-refractivity contribution in [3.63, 3.8) is 0 Å². The van der Waals surface area contributed by atoms with Gasteiger partial charge >= 0.3 is 5.95 Å². The zero-order valence-electron chi connectivity index (χ0n) is 21.7. The highest BCUT2D eigenvalue weighted by atomic mass is 16.5. The van der Waals surface area contributed by atoms with Crippen LogP contribution < -0.4 is 25.8 Å². The van der Waals surface area contributed by atoms with E-state index in [9.17, 15) is 0 Å². The third kappa shape index (κ3) is 4.91. The van der Waals surface area contributed by atoms with Gasteiger partial charge in [0.25, 0.3) is 0 Å². The summed E-state index contributed by atoms with van der Waals surface area (Å²) in [5, 5.41) is 3.11. The van der Waals surface area contributed by atoms with E-state index in [2.05, 4.69) is 51.2 Å². The van der Waals surface area contributed by atoms with Crippen molar-refractivity contribution in [2.24, 2.45) is 10.7 Å². The number of hydrogen-bond donors (Lipinski definition) is 3. The number of allylic oxidation sites excluding steroid dienone is 1. The fraction of sp³-hybridized carbons (Fsp3) is 0.538. The van der Waals surface area contributed by atoms with E-state index >= 15 is 0 Å². The maximum Gasteiger partial charge on any atom is 0.329 e. The van der Waals surface area contributed by atoms with Gasteiger partial charge in [-0.25, -0.2) is 4.98 Å². The number of anilines is 3. The lowest BCUT2D eigenvalue weighted by molar-refractivity contribution is -0.847. The van der Waals surface area contributed by atoms with E-state index < -0.39 is 6.29 Å². The van der Waals surface area contributed by atoms with Crippen molar-refractivity contribution in [2.75, 3.05) is 69.8 Å². The van der Waals surface area contributed by atoms with Gasteiger partial charge in [0.05, 0.1) is 30.8 Å².